The number of hydrogen-bond acceptors (Lipinski definition) is 4. The number of halogens is 5. The first-order chi connectivity index (χ1) is 14.3. The molecule has 5 nitrogen and oxygen atoms in total. The fraction of sp³-hybridized carbons (Fsp3) is 0.100. The Balaban J connectivity index is 1.91. The molecule has 0 unspecified atom stereocenters. The average molecular weight is 422 g/mol. The maximum absolute atomic E-state index is 13.2. The summed E-state index contributed by atoms with van der Waals surface area (Å²) in [6.07, 6.45) is -3.34. The highest BCUT2D eigenvalue weighted by molar-refractivity contribution is 6.19. The number of alkyl halides is 5. The summed E-state index contributed by atoms with van der Waals surface area (Å²) < 4.78 is 70.9. The minimum Gasteiger partial charge on any atom is -0.456 e. The zero-order valence-corrected chi connectivity index (χ0v) is 14.9. The van der Waals surface area contributed by atoms with E-state index in [4.69, 9.17) is 4.42 Å². The Hall–Kier alpha value is -3.53. The molecular weight excluding hydrogens is 411 g/mol. The second-order valence-electron chi connectivity index (χ2n) is 6.14. The van der Waals surface area contributed by atoms with E-state index in [1.54, 1.807) is 0 Å². The van der Waals surface area contributed by atoms with Crippen molar-refractivity contribution in [2.45, 2.75) is 12.8 Å². The van der Waals surface area contributed by atoms with Crippen LogP contribution in [0.2, 0.25) is 0 Å². The number of hydroxylamine groups is 1. The van der Waals surface area contributed by atoms with Crippen LogP contribution >= 0.6 is 0 Å². The Morgan fingerprint density at radius 1 is 1.03 bits per heavy atom. The van der Waals surface area contributed by atoms with E-state index in [1.165, 1.54) is 42.6 Å². The summed E-state index contributed by atoms with van der Waals surface area (Å²) >= 11 is 0. The SMILES string of the molecule is O=C(c1cccc2oc3ccc(C(F)(F)F)cc3c12)N(OC(F)F)c1ccccn1. The summed E-state index contributed by atoms with van der Waals surface area (Å²) in [4.78, 5) is 21.3. The quantitative estimate of drug-likeness (QED) is 0.308. The van der Waals surface area contributed by atoms with Crippen molar-refractivity contribution in [3.8, 4) is 0 Å². The molecule has 2 aromatic carbocycles. The van der Waals surface area contributed by atoms with Gasteiger partial charge in [-0.2, -0.15) is 31.9 Å². The lowest BCUT2D eigenvalue weighted by molar-refractivity contribution is -0.137. The van der Waals surface area contributed by atoms with E-state index < -0.39 is 24.3 Å². The lowest BCUT2D eigenvalue weighted by Crippen LogP contribution is -2.33. The Kier molecular flexibility index (Phi) is 4.86. The molecule has 0 aliphatic heterocycles. The van der Waals surface area contributed by atoms with Gasteiger partial charge in [-0.1, -0.05) is 12.1 Å². The predicted octanol–water partition coefficient (Wildman–Crippen LogP) is 5.80. The summed E-state index contributed by atoms with van der Waals surface area (Å²) in [6, 6.07) is 11.2. The number of amides is 1. The monoisotopic (exact) mass is 422 g/mol. The van der Waals surface area contributed by atoms with Gasteiger partial charge in [-0.3, -0.25) is 4.79 Å². The molecule has 0 saturated heterocycles. The van der Waals surface area contributed by atoms with Crippen LogP contribution in [0, 0.1) is 0 Å². The van der Waals surface area contributed by atoms with Crippen LogP contribution in [0.4, 0.5) is 27.8 Å². The third-order valence-corrected chi connectivity index (χ3v) is 4.28. The first-order valence-electron chi connectivity index (χ1n) is 8.48. The molecule has 0 bridgehead atoms. The molecule has 10 heteroatoms. The summed E-state index contributed by atoms with van der Waals surface area (Å²) in [5.41, 5.74) is -0.896. The van der Waals surface area contributed by atoms with Crippen molar-refractivity contribution in [2.24, 2.45) is 0 Å². The number of aromatic nitrogens is 1. The first-order valence-corrected chi connectivity index (χ1v) is 8.48. The van der Waals surface area contributed by atoms with Gasteiger partial charge in [0.05, 0.1) is 11.1 Å². The fourth-order valence-electron chi connectivity index (χ4n) is 3.05. The molecule has 0 radical (unpaired) electrons. The van der Waals surface area contributed by atoms with Gasteiger partial charge in [-0.25, -0.2) is 4.98 Å². The largest absolute Gasteiger partial charge is 0.456 e. The van der Waals surface area contributed by atoms with Gasteiger partial charge in [-0.15, -0.1) is 0 Å². The number of hydrogen-bond donors (Lipinski definition) is 0. The van der Waals surface area contributed by atoms with Crippen LogP contribution in [-0.2, 0) is 11.0 Å². The highest BCUT2D eigenvalue weighted by Gasteiger charge is 2.32. The summed E-state index contributed by atoms with van der Waals surface area (Å²) in [5.74, 6) is -1.26. The van der Waals surface area contributed by atoms with Crippen molar-refractivity contribution in [1.29, 1.82) is 0 Å². The molecule has 154 valence electrons. The van der Waals surface area contributed by atoms with Crippen molar-refractivity contribution >= 4 is 33.7 Å². The zero-order valence-electron chi connectivity index (χ0n) is 14.9. The average Bonchev–Trinajstić information content (AvgIpc) is 3.09. The summed E-state index contributed by atoms with van der Waals surface area (Å²) in [7, 11) is 0. The Labute approximate surface area is 165 Å². The maximum atomic E-state index is 13.2. The zero-order chi connectivity index (χ0) is 21.5. The smallest absolute Gasteiger partial charge is 0.416 e. The Bertz CT molecular complexity index is 1220. The number of rotatable bonds is 4. The van der Waals surface area contributed by atoms with E-state index in [0.717, 1.165) is 18.2 Å². The maximum Gasteiger partial charge on any atom is 0.416 e. The van der Waals surface area contributed by atoms with E-state index in [-0.39, 0.29) is 33.3 Å². The fourth-order valence-corrected chi connectivity index (χ4v) is 3.05. The molecule has 0 spiro atoms. The molecule has 4 aromatic rings. The molecule has 0 saturated carbocycles. The van der Waals surface area contributed by atoms with Crippen LogP contribution in [0.25, 0.3) is 21.9 Å². The van der Waals surface area contributed by atoms with Gasteiger partial charge >= 0.3 is 12.8 Å². The molecule has 0 N–H and O–H groups in total. The van der Waals surface area contributed by atoms with Gasteiger partial charge in [0.25, 0.3) is 5.91 Å². The van der Waals surface area contributed by atoms with Crippen LogP contribution in [0.1, 0.15) is 15.9 Å². The number of nitrogens with zero attached hydrogens (tertiary/aromatic N) is 2. The van der Waals surface area contributed by atoms with E-state index in [0.29, 0.717) is 5.06 Å². The normalized spacial score (nSPS) is 12.1. The van der Waals surface area contributed by atoms with Gasteiger partial charge in [-0.05, 0) is 42.5 Å². The number of anilines is 1. The number of carbonyl (C=O) groups excluding carboxylic acids is 1. The molecule has 0 atom stereocenters. The number of benzene rings is 2. The Morgan fingerprint density at radius 2 is 1.83 bits per heavy atom. The van der Waals surface area contributed by atoms with Crippen molar-refractivity contribution < 1.29 is 36.0 Å². The minimum atomic E-state index is -4.62. The van der Waals surface area contributed by atoms with Crippen molar-refractivity contribution in [3.05, 3.63) is 71.9 Å². The molecule has 0 aliphatic rings. The van der Waals surface area contributed by atoms with E-state index in [1.807, 2.05) is 0 Å². The molecule has 0 aliphatic carbocycles. The van der Waals surface area contributed by atoms with Gasteiger partial charge < -0.3 is 4.42 Å². The third-order valence-electron chi connectivity index (χ3n) is 4.28. The van der Waals surface area contributed by atoms with Crippen molar-refractivity contribution in [3.63, 3.8) is 0 Å². The number of furan rings is 1. The minimum absolute atomic E-state index is 0.0155. The van der Waals surface area contributed by atoms with E-state index in [2.05, 4.69) is 9.82 Å². The number of fused-ring (bicyclic) bond motifs is 3. The van der Waals surface area contributed by atoms with Crippen LogP contribution in [0.3, 0.4) is 0 Å². The van der Waals surface area contributed by atoms with Crippen LogP contribution in [0.5, 0.6) is 0 Å². The van der Waals surface area contributed by atoms with Crippen LogP contribution in [-0.4, -0.2) is 17.5 Å². The topological polar surface area (TPSA) is 55.6 Å². The molecule has 30 heavy (non-hydrogen) atoms. The van der Waals surface area contributed by atoms with E-state index >= 15 is 0 Å². The second-order valence-corrected chi connectivity index (χ2v) is 6.14. The predicted molar refractivity (Wildman–Crippen MR) is 96.9 cm³/mol. The number of pyridine rings is 1. The van der Waals surface area contributed by atoms with Gasteiger partial charge in [0, 0.05) is 17.0 Å². The lowest BCUT2D eigenvalue weighted by atomic mass is 10.0. The lowest BCUT2D eigenvalue weighted by Gasteiger charge is -2.20. The highest BCUT2D eigenvalue weighted by Crippen LogP contribution is 2.37. The molecular formula is C20H11F5N2O3. The molecule has 2 aromatic heterocycles. The van der Waals surface area contributed by atoms with Crippen molar-refractivity contribution in [1.82, 2.24) is 4.98 Å². The first kappa shape index (κ1) is 19.8. The van der Waals surface area contributed by atoms with Crippen LogP contribution in [0.15, 0.2) is 65.2 Å². The van der Waals surface area contributed by atoms with Gasteiger partial charge in [0.15, 0.2) is 5.82 Å². The van der Waals surface area contributed by atoms with Crippen LogP contribution < -0.4 is 5.06 Å². The molecule has 1 amide bonds. The molecule has 2 heterocycles. The molecule has 4 rings (SSSR count). The summed E-state index contributed by atoms with van der Waals surface area (Å²) in [5, 5.41) is 0.357. The standard InChI is InChI=1S/C20H11F5N2O3/c21-19(22)30-27(16-6-1-2-9-26-16)18(28)12-4-3-5-15-17(12)13-10-11(20(23,24)25)7-8-14(13)29-15/h1-10,19H. The Morgan fingerprint density at radius 3 is 2.50 bits per heavy atom. The van der Waals surface area contributed by atoms with Gasteiger partial charge in [0.1, 0.15) is 11.2 Å². The third kappa shape index (κ3) is 3.57. The molecule has 0 fully saturated rings. The summed E-state index contributed by atoms with van der Waals surface area (Å²) in [6.45, 7) is -3.34. The van der Waals surface area contributed by atoms with Gasteiger partial charge in [0.2, 0.25) is 0 Å². The van der Waals surface area contributed by atoms with Crippen molar-refractivity contribution in [2.75, 3.05) is 5.06 Å². The van der Waals surface area contributed by atoms with E-state index in [9.17, 15) is 26.7 Å². The second kappa shape index (κ2) is 7.38. The highest BCUT2D eigenvalue weighted by atomic mass is 19.4. The number of carbonyl (C=O) groups is 1.